The van der Waals surface area contributed by atoms with Crippen LogP contribution in [0.25, 0.3) is 5.65 Å². The number of aromatic nitrogens is 2. The topological polar surface area (TPSA) is 63.5 Å². The van der Waals surface area contributed by atoms with Crippen LogP contribution in [0, 0.1) is 13.8 Å². The first-order chi connectivity index (χ1) is 10.6. The number of rotatable bonds is 3. The van der Waals surface area contributed by atoms with E-state index in [1.54, 1.807) is 12.3 Å². The van der Waals surface area contributed by atoms with E-state index in [-0.39, 0.29) is 16.9 Å². The molecular weight excluding hydrogens is 278 g/mol. The molecule has 0 aliphatic carbocycles. The average molecular weight is 293 g/mol. The Morgan fingerprint density at radius 2 is 1.73 bits per heavy atom. The number of hydrogen-bond acceptors (Lipinski definition) is 4. The summed E-state index contributed by atoms with van der Waals surface area (Å²) in [6.45, 7) is 3.87. The van der Waals surface area contributed by atoms with Crippen molar-refractivity contribution in [3.63, 3.8) is 0 Å². The Labute approximate surface area is 127 Å². The molecule has 0 amide bonds. The highest BCUT2D eigenvalue weighted by molar-refractivity contribution is 5.84. The van der Waals surface area contributed by atoms with Crippen molar-refractivity contribution >= 4 is 23.4 Å². The lowest BCUT2D eigenvalue weighted by Gasteiger charge is -2.10. The smallest absolute Gasteiger partial charge is 0.270 e. The number of nitrogens with one attached hydrogen (secondary N) is 1. The molecule has 1 aromatic carbocycles. The predicted molar refractivity (Wildman–Crippen MR) is 86.0 cm³/mol. The summed E-state index contributed by atoms with van der Waals surface area (Å²) in [6.07, 6.45) is 2.22. The molecule has 0 unspecified atom stereocenters. The number of hydrogen-bond donors (Lipinski definition) is 1. The number of aldehydes is 1. The van der Waals surface area contributed by atoms with E-state index in [2.05, 4.69) is 10.3 Å². The van der Waals surface area contributed by atoms with Crippen LogP contribution in [-0.4, -0.2) is 15.7 Å². The maximum absolute atomic E-state index is 12.4. The Bertz CT molecular complexity index is 912. The quantitative estimate of drug-likeness (QED) is 0.754. The van der Waals surface area contributed by atoms with Crippen molar-refractivity contribution in [1.29, 1.82) is 0 Å². The van der Waals surface area contributed by atoms with Crippen molar-refractivity contribution in [2.24, 2.45) is 0 Å². The number of benzene rings is 1. The normalized spacial score (nSPS) is 10.6. The lowest BCUT2D eigenvalue weighted by atomic mass is 10.2. The van der Waals surface area contributed by atoms with Gasteiger partial charge in [-0.3, -0.25) is 14.0 Å². The second-order valence-corrected chi connectivity index (χ2v) is 5.22. The van der Waals surface area contributed by atoms with E-state index in [4.69, 9.17) is 0 Å². The SMILES string of the molecule is Cc1ccc(Nc2nc3ccc(C)cn3c(=O)c2C=O)cc1. The Kier molecular flexibility index (Phi) is 3.47. The van der Waals surface area contributed by atoms with Crippen LogP contribution in [-0.2, 0) is 0 Å². The third-order valence-corrected chi connectivity index (χ3v) is 3.44. The maximum atomic E-state index is 12.4. The highest BCUT2D eigenvalue weighted by Gasteiger charge is 2.12. The highest BCUT2D eigenvalue weighted by atomic mass is 16.1. The van der Waals surface area contributed by atoms with Gasteiger partial charge in [0.1, 0.15) is 17.0 Å². The molecule has 2 heterocycles. The van der Waals surface area contributed by atoms with Crippen molar-refractivity contribution < 1.29 is 4.79 Å². The molecule has 0 saturated heterocycles. The molecule has 110 valence electrons. The summed E-state index contributed by atoms with van der Waals surface area (Å²) in [5.41, 5.74) is 2.96. The van der Waals surface area contributed by atoms with Crippen molar-refractivity contribution in [2.45, 2.75) is 13.8 Å². The van der Waals surface area contributed by atoms with Gasteiger partial charge in [0.05, 0.1) is 0 Å². The van der Waals surface area contributed by atoms with Gasteiger partial charge < -0.3 is 5.32 Å². The molecule has 22 heavy (non-hydrogen) atoms. The van der Waals surface area contributed by atoms with Crippen LogP contribution in [0.3, 0.4) is 0 Å². The molecule has 1 N–H and O–H groups in total. The maximum Gasteiger partial charge on any atom is 0.270 e. The zero-order valence-electron chi connectivity index (χ0n) is 12.3. The summed E-state index contributed by atoms with van der Waals surface area (Å²) in [4.78, 5) is 28.1. The predicted octanol–water partition coefficient (Wildman–Crippen LogP) is 2.87. The minimum atomic E-state index is -0.377. The molecule has 0 bridgehead atoms. The van der Waals surface area contributed by atoms with Crippen molar-refractivity contribution in [3.8, 4) is 0 Å². The van der Waals surface area contributed by atoms with Gasteiger partial charge in [-0.05, 0) is 37.6 Å². The van der Waals surface area contributed by atoms with E-state index in [9.17, 15) is 9.59 Å². The number of carbonyl (C=O) groups is 1. The van der Waals surface area contributed by atoms with Gasteiger partial charge in [-0.25, -0.2) is 4.98 Å². The van der Waals surface area contributed by atoms with Crippen LogP contribution in [0.1, 0.15) is 21.5 Å². The summed E-state index contributed by atoms with van der Waals surface area (Å²) < 4.78 is 1.39. The highest BCUT2D eigenvalue weighted by Crippen LogP contribution is 2.17. The molecule has 2 aromatic heterocycles. The van der Waals surface area contributed by atoms with Gasteiger partial charge in [0.25, 0.3) is 5.56 Å². The van der Waals surface area contributed by atoms with E-state index in [0.717, 1.165) is 16.8 Å². The van der Waals surface area contributed by atoms with Crippen LogP contribution in [0.4, 0.5) is 11.5 Å². The molecule has 3 aromatic rings. The second-order valence-electron chi connectivity index (χ2n) is 5.22. The Morgan fingerprint density at radius 1 is 1.05 bits per heavy atom. The lowest BCUT2D eigenvalue weighted by Crippen LogP contribution is -2.21. The Hall–Kier alpha value is -2.95. The molecule has 5 nitrogen and oxygen atoms in total. The molecule has 0 fully saturated rings. The fraction of sp³-hybridized carbons (Fsp3) is 0.118. The molecular formula is C17H15N3O2. The van der Waals surface area contributed by atoms with Crippen molar-refractivity contribution in [3.05, 3.63) is 69.6 Å². The van der Waals surface area contributed by atoms with E-state index >= 15 is 0 Å². The first kappa shape index (κ1) is 14.0. The third-order valence-electron chi connectivity index (χ3n) is 3.44. The molecule has 0 aliphatic rings. The summed E-state index contributed by atoms with van der Waals surface area (Å²) in [5.74, 6) is 0.271. The number of carbonyl (C=O) groups excluding carboxylic acids is 1. The Balaban J connectivity index is 2.16. The molecule has 0 atom stereocenters. The molecule has 0 spiro atoms. The summed E-state index contributed by atoms with van der Waals surface area (Å²) >= 11 is 0. The summed E-state index contributed by atoms with van der Waals surface area (Å²) in [6, 6.07) is 11.3. The average Bonchev–Trinajstić information content (AvgIpc) is 2.51. The molecule has 0 radical (unpaired) electrons. The number of nitrogens with zero attached hydrogens (tertiary/aromatic N) is 2. The first-order valence-electron chi connectivity index (χ1n) is 6.90. The fourth-order valence-corrected chi connectivity index (χ4v) is 2.23. The number of pyridine rings is 1. The number of fused-ring (bicyclic) bond motifs is 1. The minimum Gasteiger partial charge on any atom is -0.339 e. The largest absolute Gasteiger partial charge is 0.339 e. The van der Waals surface area contributed by atoms with Crippen LogP contribution in [0.15, 0.2) is 47.4 Å². The number of anilines is 2. The van der Waals surface area contributed by atoms with Gasteiger partial charge in [-0.1, -0.05) is 23.8 Å². The fourth-order valence-electron chi connectivity index (χ4n) is 2.23. The lowest BCUT2D eigenvalue weighted by molar-refractivity contribution is 0.112. The zero-order chi connectivity index (χ0) is 15.7. The third kappa shape index (κ3) is 2.48. The van der Waals surface area contributed by atoms with E-state index in [0.29, 0.717) is 11.9 Å². The van der Waals surface area contributed by atoms with Gasteiger partial charge in [-0.2, -0.15) is 0 Å². The standard InChI is InChI=1S/C17H15N3O2/c1-11-3-6-13(7-4-11)18-16-14(10-21)17(22)20-9-12(2)5-8-15(20)19-16/h3-10,18H,1-2H3. The van der Waals surface area contributed by atoms with Crippen LogP contribution < -0.4 is 10.9 Å². The van der Waals surface area contributed by atoms with Gasteiger partial charge in [0, 0.05) is 11.9 Å². The zero-order valence-corrected chi connectivity index (χ0v) is 12.3. The van der Waals surface area contributed by atoms with Crippen molar-refractivity contribution in [2.75, 3.05) is 5.32 Å². The van der Waals surface area contributed by atoms with Crippen LogP contribution >= 0.6 is 0 Å². The monoisotopic (exact) mass is 293 g/mol. The van der Waals surface area contributed by atoms with Crippen LogP contribution in [0.2, 0.25) is 0 Å². The Morgan fingerprint density at radius 3 is 2.41 bits per heavy atom. The molecule has 5 heteroatoms. The van der Waals surface area contributed by atoms with E-state index in [1.807, 2.05) is 44.2 Å². The minimum absolute atomic E-state index is 0.0173. The van der Waals surface area contributed by atoms with Crippen LogP contribution in [0.5, 0.6) is 0 Å². The van der Waals surface area contributed by atoms with E-state index < -0.39 is 0 Å². The van der Waals surface area contributed by atoms with Gasteiger partial charge in [-0.15, -0.1) is 0 Å². The first-order valence-corrected chi connectivity index (χ1v) is 6.90. The van der Waals surface area contributed by atoms with E-state index in [1.165, 1.54) is 4.40 Å². The van der Waals surface area contributed by atoms with Crippen molar-refractivity contribution in [1.82, 2.24) is 9.38 Å². The van der Waals surface area contributed by atoms with Gasteiger partial charge in [0.15, 0.2) is 6.29 Å². The molecule has 0 saturated carbocycles. The molecule has 3 rings (SSSR count). The number of aryl methyl sites for hydroxylation is 2. The molecule has 0 aliphatic heterocycles. The van der Waals surface area contributed by atoms with Gasteiger partial charge in [0.2, 0.25) is 0 Å². The summed E-state index contributed by atoms with van der Waals surface area (Å²) in [5, 5.41) is 3.04. The van der Waals surface area contributed by atoms with Gasteiger partial charge >= 0.3 is 0 Å². The summed E-state index contributed by atoms with van der Waals surface area (Å²) in [7, 11) is 0. The second kappa shape index (κ2) is 5.44.